The summed E-state index contributed by atoms with van der Waals surface area (Å²) in [6.07, 6.45) is 1.24. The van der Waals surface area contributed by atoms with E-state index in [0.29, 0.717) is 36.8 Å². The summed E-state index contributed by atoms with van der Waals surface area (Å²) < 4.78 is 5.46. The zero-order valence-electron chi connectivity index (χ0n) is 16.0. The third kappa shape index (κ3) is 5.74. The summed E-state index contributed by atoms with van der Waals surface area (Å²) in [5, 5.41) is 10.8. The number of rotatable bonds is 10. The molecule has 1 unspecified atom stereocenters. The first kappa shape index (κ1) is 20.8. The zero-order valence-corrected chi connectivity index (χ0v) is 16.8. The van der Waals surface area contributed by atoms with Crippen LogP contribution in [0, 0.1) is 0 Å². The monoisotopic (exact) mass is 379 g/mol. The van der Waals surface area contributed by atoms with Crippen LogP contribution in [0.2, 0.25) is 0 Å². The lowest BCUT2D eigenvalue weighted by Gasteiger charge is -2.23. The van der Waals surface area contributed by atoms with Gasteiger partial charge in [0.05, 0.1) is 30.7 Å². The van der Waals surface area contributed by atoms with Gasteiger partial charge in [-0.05, 0) is 25.8 Å². The molecule has 1 atom stereocenters. The van der Waals surface area contributed by atoms with Gasteiger partial charge >= 0.3 is 0 Å². The number of hydrogen-bond donors (Lipinski definition) is 2. The smallest absolute Gasteiger partial charge is 0.259 e. The van der Waals surface area contributed by atoms with Crippen molar-refractivity contribution >= 4 is 21.6 Å². The number of aliphatic hydroxyl groups excluding tert-OH is 1. The summed E-state index contributed by atoms with van der Waals surface area (Å²) in [7, 11) is 0. The van der Waals surface area contributed by atoms with Crippen LogP contribution in [0.15, 0.2) is 23.5 Å². The Morgan fingerprint density at radius 2 is 2.15 bits per heavy atom. The number of H-pyrrole nitrogens is 1. The van der Waals surface area contributed by atoms with E-state index in [1.54, 1.807) is 17.4 Å². The standard InChI is InChI=1S/C19H29N3O3S/c1-6-7-22(9-14(23)11-25-13(4)5)10-17-20-18(24)15-8-16(12(2)3)26-19(15)21-17/h6,8,12-14,23H,1,7,9-11H2,2-5H3,(H,20,21,24). The van der Waals surface area contributed by atoms with Crippen molar-refractivity contribution in [1.82, 2.24) is 14.9 Å². The zero-order chi connectivity index (χ0) is 19.3. The van der Waals surface area contributed by atoms with E-state index in [1.807, 2.05) is 24.8 Å². The molecule has 0 aromatic carbocycles. The van der Waals surface area contributed by atoms with Gasteiger partial charge in [0, 0.05) is 18.0 Å². The summed E-state index contributed by atoms with van der Waals surface area (Å²) in [5.74, 6) is 0.962. The Bertz CT molecular complexity index is 782. The highest BCUT2D eigenvalue weighted by Crippen LogP contribution is 2.27. The van der Waals surface area contributed by atoms with Crippen LogP contribution in [-0.4, -0.2) is 51.9 Å². The number of aromatic nitrogens is 2. The summed E-state index contributed by atoms with van der Waals surface area (Å²) in [6.45, 7) is 13.6. The number of fused-ring (bicyclic) bond motifs is 1. The van der Waals surface area contributed by atoms with Crippen LogP contribution < -0.4 is 5.56 Å². The Hall–Kier alpha value is -1.54. The largest absolute Gasteiger partial charge is 0.389 e. The van der Waals surface area contributed by atoms with Gasteiger partial charge in [0.2, 0.25) is 0 Å². The molecule has 2 heterocycles. The topological polar surface area (TPSA) is 78.5 Å². The second-order valence-corrected chi connectivity index (χ2v) is 8.12. The van der Waals surface area contributed by atoms with E-state index >= 15 is 0 Å². The van der Waals surface area contributed by atoms with Crippen molar-refractivity contribution in [2.75, 3.05) is 19.7 Å². The lowest BCUT2D eigenvalue weighted by atomic mass is 10.2. The maximum Gasteiger partial charge on any atom is 0.259 e. The highest BCUT2D eigenvalue weighted by atomic mass is 32.1. The van der Waals surface area contributed by atoms with Gasteiger partial charge in [0.25, 0.3) is 5.56 Å². The van der Waals surface area contributed by atoms with E-state index in [0.717, 1.165) is 9.71 Å². The molecule has 0 radical (unpaired) electrons. The minimum atomic E-state index is -0.609. The summed E-state index contributed by atoms with van der Waals surface area (Å²) in [4.78, 5) is 23.8. The number of nitrogens with one attached hydrogen (secondary N) is 1. The van der Waals surface area contributed by atoms with E-state index in [-0.39, 0.29) is 18.3 Å². The first-order valence-electron chi connectivity index (χ1n) is 8.95. The Kier molecular flexibility index (Phi) is 7.52. The molecule has 0 saturated heterocycles. The fourth-order valence-corrected chi connectivity index (χ4v) is 3.66. The van der Waals surface area contributed by atoms with Crippen LogP contribution in [0.1, 0.15) is 44.3 Å². The minimum absolute atomic E-state index is 0.0758. The molecule has 0 aliphatic heterocycles. The molecule has 2 rings (SSSR count). The second-order valence-electron chi connectivity index (χ2n) is 7.05. The molecule has 7 heteroatoms. The molecule has 26 heavy (non-hydrogen) atoms. The molecule has 144 valence electrons. The molecule has 0 amide bonds. The van der Waals surface area contributed by atoms with Gasteiger partial charge in [0.15, 0.2) is 0 Å². The molecule has 2 aromatic heterocycles. The van der Waals surface area contributed by atoms with E-state index in [2.05, 4.69) is 30.4 Å². The van der Waals surface area contributed by atoms with Gasteiger partial charge in [0.1, 0.15) is 10.7 Å². The van der Waals surface area contributed by atoms with Gasteiger partial charge in [-0.2, -0.15) is 0 Å². The van der Waals surface area contributed by atoms with E-state index in [1.165, 1.54) is 0 Å². The lowest BCUT2D eigenvalue weighted by molar-refractivity contribution is -0.00834. The van der Waals surface area contributed by atoms with Crippen molar-refractivity contribution in [3.8, 4) is 0 Å². The average molecular weight is 380 g/mol. The van der Waals surface area contributed by atoms with Crippen LogP contribution in [0.5, 0.6) is 0 Å². The molecular formula is C19H29N3O3S. The summed E-state index contributed by atoms with van der Waals surface area (Å²) in [5.41, 5.74) is -0.115. The number of nitrogens with zero attached hydrogens (tertiary/aromatic N) is 2. The SMILES string of the molecule is C=CCN(Cc1nc2sc(C(C)C)cc2c(=O)[nH]1)CC(O)COC(C)C. The van der Waals surface area contributed by atoms with Crippen molar-refractivity contribution in [2.24, 2.45) is 0 Å². The molecule has 0 aliphatic rings. The summed E-state index contributed by atoms with van der Waals surface area (Å²) in [6, 6.07) is 1.93. The second kappa shape index (κ2) is 9.41. The van der Waals surface area contributed by atoms with Crippen molar-refractivity contribution in [3.63, 3.8) is 0 Å². The third-order valence-corrected chi connectivity index (χ3v) is 5.22. The van der Waals surface area contributed by atoms with Crippen molar-refractivity contribution in [1.29, 1.82) is 0 Å². The van der Waals surface area contributed by atoms with Gasteiger partial charge in [-0.3, -0.25) is 9.69 Å². The van der Waals surface area contributed by atoms with Gasteiger partial charge in [-0.15, -0.1) is 17.9 Å². The lowest BCUT2D eigenvalue weighted by Crippen LogP contribution is -2.36. The van der Waals surface area contributed by atoms with E-state index in [9.17, 15) is 9.90 Å². The predicted molar refractivity (Wildman–Crippen MR) is 107 cm³/mol. The Labute approximate surface area is 158 Å². The van der Waals surface area contributed by atoms with Crippen LogP contribution in [-0.2, 0) is 11.3 Å². The molecule has 6 nitrogen and oxygen atoms in total. The normalized spacial score (nSPS) is 13.2. The first-order valence-corrected chi connectivity index (χ1v) is 9.77. The fraction of sp³-hybridized carbons (Fsp3) is 0.579. The highest BCUT2D eigenvalue weighted by molar-refractivity contribution is 7.18. The van der Waals surface area contributed by atoms with Crippen LogP contribution >= 0.6 is 11.3 Å². The molecule has 0 fully saturated rings. The average Bonchev–Trinajstić information content (AvgIpc) is 2.98. The van der Waals surface area contributed by atoms with Crippen molar-refractivity contribution < 1.29 is 9.84 Å². The molecule has 0 spiro atoms. The number of aliphatic hydroxyl groups is 1. The minimum Gasteiger partial charge on any atom is -0.389 e. The van der Waals surface area contributed by atoms with Gasteiger partial charge in [-0.25, -0.2) is 4.98 Å². The number of thiophene rings is 1. The molecule has 2 N–H and O–H groups in total. The maximum absolute atomic E-state index is 12.4. The van der Waals surface area contributed by atoms with Crippen molar-refractivity contribution in [3.05, 3.63) is 39.8 Å². The fourth-order valence-electron chi connectivity index (χ4n) is 2.61. The quantitative estimate of drug-likeness (QED) is 0.621. The number of ether oxygens (including phenoxy) is 1. The predicted octanol–water partition coefficient (Wildman–Crippen LogP) is 2.88. The Morgan fingerprint density at radius 3 is 2.77 bits per heavy atom. The van der Waals surface area contributed by atoms with E-state index in [4.69, 9.17) is 4.74 Å². The third-order valence-electron chi connectivity index (χ3n) is 3.89. The molecular weight excluding hydrogens is 350 g/mol. The molecule has 0 saturated carbocycles. The summed E-state index contributed by atoms with van der Waals surface area (Å²) >= 11 is 1.56. The van der Waals surface area contributed by atoms with Gasteiger partial charge in [-0.1, -0.05) is 19.9 Å². The number of hydrogen-bond acceptors (Lipinski definition) is 6. The molecule has 0 aliphatic carbocycles. The van der Waals surface area contributed by atoms with Gasteiger partial charge < -0.3 is 14.8 Å². The van der Waals surface area contributed by atoms with E-state index < -0.39 is 6.10 Å². The Morgan fingerprint density at radius 1 is 1.42 bits per heavy atom. The maximum atomic E-state index is 12.4. The van der Waals surface area contributed by atoms with Crippen LogP contribution in [0.3, 0.4) is 0 Å². The molecule has 2 aromatic rings. The van der Waals surface area contributed by atoms with Crippen LogP contribution in [0.25, 0.3) is 10.2 Å². The number of aromatic amines is 1. The Balaban J connectivity index is 2.14. The first-order chi connectivity index (χ1) is 12.3. The van der Waals surface area contributed by atoms with Crippen molar-refractivity contribution in [2.45, 2.75) is 52.4 Å². The van der Waals surface area contributed by atoms with Crippen LogP contribution in [0.4, 0.5) is 0 Å². The molecule has 0 bridgehead atoms. The highest BCUT2D eigenvalue weighted by Gasteiger charge is 2.15.